The van der Waals surface area contributed by atoms with Gasteiger partial charge in [0.15, 0.2) is 0 Å². The fourth-order valence-corrected chi connectivity index (χ4v) is 6.93. The van der Waals surface area contributed by atoms with Crippen LogP contribution in [0.3, 0.4) is 0 Å². The number of nitrogens with one attached hydrogen (secondary N) is 1. The summed E-state index contributed by atoms with van der Waals surface area (Å²) in [5.41, 5.74) is -0.326. The van der Waals surface area contributed by atoms with Gasteiger partial charge in [0.1, 0.15) is 11.6 Å². The van der Waals surface area contributed by atoms with Crippen LogP contribution in [0, 0.1) is 35.3 Å². The molecule has 3 aliphatic carbocycles. The van der Waals surface area contributed by atoms with E-state index in [0.717, 1.165) is 44.2 Å². The zero-order chi connectivity index (χ0) is 22.5. The van der Waals surface area contributed by atoms with Crippen LogP contribution in [-0.4, -0.2) is 46.6 Å². The minimum absolute atomic E-state index is 0.0693. The van der Waals surface area contributed by atoms with Crippen molar-refractivity contribution in [1.29, 1.82) is 0 Å². The van der Waals surface area contributed by atoms with Crippen molar-refractivity contribution in [2.75, 3.05) is 13.1 Å². The maximum absolute atomic E-state index is 13.9. The van der Waals surface area contributed by atoms with Crippen LogP contribution < -0.4 is 5.32 Å². The van der Waals surface area contributed by atoms with Crippen LogP contribution in [0.2, 0.25) is 0 Å². The lowest BCUT2D eigenvalue weighted by Gasteiger charge is -2.34. The van der Waals surface area contributed by atoms with Gasteiger partial charge in [-0.3, -0.25) is 9.59 Å². The van der Waals surface area contributed by atoms with Crippen molar-refractivity contribution in [2.45, 2.75) is 69.4 Å². The van der Waals surface area contributed by atoms with Crippen LogP contribution >= 0.6 is 0 Å². The zero-order valence-electron chi connectivity index (χ0n) is 18.4. The Morgan fingerprint density at radius 3 is 2.62 bits per heavy atom. The topological polar surface area (TPSA) is 69.6 Å². The lowest BCUT2D eigenvalue weighted by Crippen LogP contribution is -2.48. The summed E-state index contributed by atoms with van der Waals surface area (Å²) in [7, 11) is 0. The quantitative estimate of drug-likeness (QED) is 0.746. The molecule has 4 unspecified atom stereocenters. The van der Waals surface area contributed by atoms with E-state index in [-0.39, 0.29) is 35.8 Å². The van der Waals surface area contributed by atoms with Gasteiger partial charge in [0, 0.05) is 31.1 Å². The first kappa shape index (κ1) is 21.8. The molecule has 7 heteroatoms. The lowest BCUT2D eigenvalue weighted by molar-refractivity contribution is -0.135. The molecule has 2 N–H and O–H groups in total. The molecule has 174 valence electrons. The van der Waals surface area contributed by atoms with Crippen molar-refractivity contribution in [1.82, 2.24) is 10.2 Å². The van der Waals surface area contributed by atoms with E-state index in [1.165, 1.54) is 12.5 Å². The third-order valence-electron chi connectivity index (χ3n) is 8.47. The monoisotopic (exact) mass is 446 g/mol. The van der Waals surface area contributed by atoms with Crippen molar-refractivity contribution in [2.24, 2.45) is 23.7 Å². The molecule has 0 spiro atoms. The summed E-state index contributed by atoms with van der Waals surface area (Å²) in [6.07, 6.45) is 6.97. The largest absolute Gasteiger partial charge is 0.390 e. The summed E-state index contributed by atoms with van der Waals surface area (Å²) in [5.74, 6) is -0.119. The Hall–Kier alpha value is -2.02. The van der Waals surface area contributed by atoms with Gasteiger partial charge in [-0.25, -0.2) is 8.78 Å². The zero-order valence-corrected chi connectivity index (χ0v) is 18.4. The van der Waals surface area contributed by atoms with E-state index in [2.05, 4.69) is 5.32 Å². The van der Waals surface area contributed by atoms with Gasteiger partial charge in [0.05, 0.1) is 12.0 Å². The Balaban J connectivity index is 1.13. The van der Waals surface area contributed by atoms with Gasteiger partial charge in [0.25, 0.3) is 0 Å². The number of carbonyl (C=O) groups excluding carboxylic acids is 2. The maximum Gasteiger partial charge on any atom is 0.227 e. The molecule has 3 saturated carbocycles. The van der Waals surface area contributed by atoms with Crippen LogP contribution in [0.4, 0.5) is 8.78 Å². The molecule has 32 heavy (non-hydrogen) atoms. The molecule has 5 atom stereocenters. The van der Waals surface area contributed by atoms with Crippen molar-refractivity contribution in [3.63, 3.8) is 0 Å². The Bertz CT molecular complexity index is 901. The molecule has 5 nitrogen and oxygen atoms in total. The van der Waals surface area contributed by atoms with E-state index in [0.29, 0.717) is 43.7 Å². The fourth-order valence-electron chi connectivity index (χ4n) is 6.93. The van der Waals surface area contributed by atoms with Gasteiger partial charge in [-0.1, -0.05) is 6.07 Å². The second-order valence-corrected chi connectivity index (χ2v) is 10.6. The van der Waals surface area contributed by atoms with Gasteiger partial charge in [-0.05, 0) is 80.8 Å². The molecule has 1 aliphatic heterocycles. The van der Waals surface area contributed by atoms with E-state index in [1.54, 1.807) is 4.90 Å². The molecule has 4 fully saturated rings. The molecular weight excluding hydrogens is 414 g/mol. The van der Waals surface area contributed by atoms with Crippen molar-refractivity contribution in [3.05, 3.63) is 35.4 Å². The lowest BCUT2D eigenvalue weighted by atomic mass is 9.77. The van der Waals surface area contributed by atoms with E-state index in [4.69, 9.17) is 0 Å². The van der Waals surface area contributed by atoms with E-state index < -0.39 is 17.2 Å². The average molecular weight is 447 g/mol. The summed E-state index contributed by atoms with van der Waals surface area (Å²) in [4.78, 5) is 27.3. The third kappa shape index (κ3) is 4.28. The summed E-state index contributed by atoms with van der Waals surface area (Å²) < 4.78 is 26.9. The van der Waals surface area contributed by atoms with Crippen LogP contribution in [0.1, 0.15) is 56.9 Å². The second kappa shape index (κ2) is 8.40. The van der Waals surface area contributed by atoms with E-state index in [1.807, 2.05) is 0 Å². The molecule has 0 radical (unpaired) electrons. The highest BCUT2D eigenvalue weighted by atomic mass is 19.1. The minimum atomic E-state index is -0.705. The molecule has 1 aromatic rings. The Morgan fingerprint density at radius 1 is 1.09 bits per heavy atom. The highest BCUT2D eigenvalue weighted by Crippen LogP contribution is 2.55. The Morgan fingerprint density at radius 2 is 1.88 bits per heavy atom. The average Bonchev–Trinajstić information content (AvgIpc) is 2.94. The standard InChI is InChI=1S/C25H32F2N2O3/c26-19-3-2-17(21(27)11-19)10-23(30)29-7-5-16(6-8-29)24(31)28-22-4-1-15-9-18-13-25(32,12-15)14-20(18)22/h2-3,11,15-16,18,20,22,32H,1,4-10,12-14H2,(H,28,31)/t15-,18?,20?,22?,25?/m0/s1. The van der Waals surface area contributed by atoms with Gasteiger partial charge in [-0.2, -0.15) is 0 Å². The number of rotatable bonds is 4. The molecule has 1 saturated heterocycles. The number of hydrogen-bond donors (Lipinski definition) is 2. The van der Waals surface area contributed by atoms with Crippen molar-refractivity contribution < 1.29 is 23.5 Å². The third-order valence-corrected chi connectivity index (χ3v) is 8.47. The number of benzene rings is 1. The van der Waals surface area contributed by atoms with Gasteiger partial charge < -0.3 is 15.3 Å². The molecular formula is C25H32F2N2O3. The molecule has 2 amide bonds. The summed E-state index contributed by atoms with van der Waals surface area (Å²) in [5, 5.41) is 14.2. The maximum atomic E-state index is 13.9. The van der Waals surface area contributed by atoms with Crippen LogP contribution in [-0.2, 0) is 16.0 Å². The first-order chi connectivity index (χ1) is 15.3. The van der Waals surface area contributed by atoms with Crippen molar-refractivity contribution in [3.8, 4) is 0 Å². The van der Waals surface area contributed by atoms with Crippen LogP contribution in [0.25, 0.3) is 0 Å². The predicted molar refractivity (Wildman–Crippen MR) is 114 cm³/mol. The predicted octanol–water partition coefficient (Wildman–Crippen LogP) is 3.19. The molecule has 4 aliphatic rings. The first-order valence-corrected chi connectivity index (χ1v) is 12.0. The Labute approximate surface area is 187 Å². The van der Waals surface area contributed by atoms with E-state index in [9.17, 15) is 23.5 Å². The highest BCUT2D eigenvalue weighted by Gasteiger charge is 2.53. The second-order valence-electron chi connectivity index (χ2n) is 10.6. The van der Waals surface area contributed by atoms with Gasteiger partial charge >= 0.3 is 0 Å². The number of piperidine rings is 1. The van der Waals surface area contributed by atoms with Crippen molar-refractivity contribution >= 4 is 11.8 Å². The number of hydrogen-bond acceptors (Lipinski definition) is 3. The summed E-state index contributed by atoms with van der Waals surface area (Å²) >= 11 is 0. The summed E-state index contributed by atoms with van der Waals surface area (Å²) in [6, 6.07) is 3.41. The molecule has 3 bridgehead atoms. The molecule has 1 aromatic carbocycles. The highest BCUT2D eigenvalue weighted by molar-refractivity contribution is 5.81. The molecule has 0 aromatic heterocycles. The van der Waals surface area contributed by atoms with Crippen LogP contribution in [0.15, 0.2) is 18.2 Å². The number of aliphatic hydroxyl groups is 1. The number of likely N-dealkylation sites (tertiary alicyclic amines) is 1. The van der Waals surface area contributed by atoms with E-state index >= 15 is 0 Å². The Kier molecular flexibility index (Phi) is 5.72. The van der Waals surface area contributed by atoms with Crippen LogP contribution in [0.5, 0.6) is 0 Å². The number of halogens is 2. The van der Waals surface area contributed by atoms with Gasteiger partial charge in [0.2, 0.25) is 11.8 Å². The molecule has 1 heterocycles. The molecule has 5 rings (SSSR count). The first-order valence-electron chi connectivity index (χ1n) is 12.0. The number of carbonyl (C=O) groups is 2. The fraction of sp³-hybridized carbons (Fsp3) is 0.680. The number of amides is 2. The van der Waals surface area contributed by atoms with Gasteiger partial charge in [-0.15, -0.1) is 0 Å². The smallest absolute Gasteiger partial charge is 0.227 e. The minimum Gasteiger partial charge on any atom is -0.390 e. The number of nitrogens with zero attached hydrogens (tertiary/aromatic N) is 1. The SMILES string of the molecule is O=C(NC1CC[C@H]2CC3CC(O)(CC31)C2)C1CCN(C(=O)Cc2ccc(F)cc2F)CC1. The number of fused-ring (bicyclic) bond motifs is 2. The normalized spacial score (nSPS) is 34.4. The summed E-state index contributed by atoms with van der Waals surface area (Å²) in [6.45, 7) is 0.941.